The zero-order chi connectivity index (χ0) is 19.6. The van der Waals surface area contributed by atoms with E-state index >= 15 is 0 Å². The number of hydrogen-bond acceptors (Lipinski definition) is 5. The fourth-order valence-electron chi connectivity index (χ4n) is 2.51. The maximum atomic E-state index is 12.0. The van der Waals surface area contributed by atoms with E-state index in [1.54, 1.807) is 33.5 Å². The van der Waals surface area contributed by atoms with Crippen LogP contribution in [0.15, 0.2) is 36.4 Å². The summed E-state index contributed by atoms with van der Waals surface area (Å²) in [6.07, 6.45) is 0. The number of amides is 2. The van der Waals surface area contributed by atoms with Crippen molar-refractivity contribution in [2.24, 2.45) is 0 Å². The van der Waals surface area contributed by atoms with Crippen molar-refractivity contribution in [1.29, 1.82) is 0 Å². The van der Waals surface area contributed by atoms with E-state index in [4.69, 9.17) is 18.9 Å². The number of hydrogen-bond donors (Lipinski definition) is 2. The van der Waals surface area contributed by atoms with Crippen molar-refractivity contribution in [3.8, 4) is 23.0 Å². The molecular formula is C20H26N2O5. The molecule has 0 heterocycles. The van der Waals surface area contributed by atoms with Gasteiger partial charge in [-0.15, -0.1) is 0 Å². The Morgan fingerprint density at radius 1 is 0.926 bits per heavy atom. The van der Waals surface area contributed by atoms with Gasteiger partial charge in [-0.05, 0) is 30.7 Å². The van der Waals surface area contributed by atoms with Crippen LogP contribution in [-0.2, 0) is 6.54 Å². The first-order chi connectivity index (χ1) is 13.1. The lowest BCUT2D eigenvalue weighted by molar-refractivity contribution is 0.236. The van der Waals surface area contributed by atoms with Gasteiger partial charge in [0.05, 0.1) is 27.9 Å². The molecule has 0 aliphatic heterocycles. The van der Waals surface area contributed by atoms with Crippen molar-refractivity contribution in [1.82, 2.24) is 10.6 Å². The molecule has 2 N–H and O–H groups in total. The molecule has 0 aliphatic rings. The van der Waals surface area contributed by atoms with E-state index in [0.29, 0.717) is 30.4 Å². The number of nitrogens with one attached hydrogen (secondary N) is 2. The molecule has 0 radical (unpaired) electrons. The molecule has 2 aromatic carbocycles. The van der Waals surface area contributed by atoms with Crippen LogP contribution in [-0.4, -0.2) is 40.5 Å². The summed E-state index contributed by atoms with van der Waals surface area (Å²) >= 11 is 0. The van der Waals surface area contributed by atoms with E-state index in [1.807, 2.05) is 31.2 Å². The minimum Gasteiger partial charge on any atom is -0.496 e. The smallest absolute Gasteiger partial charge is 0.315 e. The first-order valence-corrected chi connectivity index (χ1v) is 8.57. The van der Waals surface area contributed by atoms with Crippen molar-refractivity contribution in [3.05, 3.63) is 47.5 Å². The standard InChI is InChI=1S/C20H26N2O5/c1-14-6-5-7-16(10-14)27-9-8-21-20(23)22-13-15-11-18(25-3)19(26-4)12-17(15)24-2/h5-7,10-12H,8-9,13H2,1-4H3,(H2,21,22,23). The van der Waals surface area contributed by atoms with E-state index in [2.05, 4.69) is 10.6 Å². The predicted molar refractivity (Wildman–Crippen MR) is 103 cm³/mol. The van der Waals surface area contributed by atoms with Crippen LogP contribution in [0.5, 0.6) is 23.0 Å². The fourth-order valence-corrected chi connectivity index (χ4v) is 2.51. The Morgan fingerprint density at radius 2 is 1.63 bits per heavy atom. The van der Waals surface area contributed by atoms with E-state index in [-0.39, 0.29) is 12.6 Å². The summed E-state index contributed by atoms with van der Waals surface area (Å²) in [5.74, 6) is 2.53. The molecule has 2 amide bonds. The molecule has 0 spiro atoms. The first kappa shape index (κ1) is 20.2. The van der Waals surface area contributed by atoms with Gasteiger partial charge in [-0.1, -0.05) is 12.1 Å². The van der Waals surface area contributed by atoms with Crippen molar-refractivity contribution in [2.45, 2.75) is 13.5 Å². The molecule has 27 heavy (non-hydrogen) atoms. The maximum absolute atomic E-state index is 12.0. The third-order valence-electron chi connectivity index (χ3n) is 3.87. The molecule has 7 heteroatoms. The van der Waals surface area contributed by atoms with Gasteiger partial charge in [0.2, 0.25) is 0 Å². The normalized spacial score (nSPS) is 10.1. The third-order valence-corrected chi connectivity index (χ3v) is 3.87. The van der Waals surface area contributed by atoms with E-state index in [1.165, 1.54) is 0 Å². The predicted octanol–water partition coefficient (Wildman–Crippen LogP) is 2.90. The van der Waals surface area contributed by atoms with E-state index in [9.17, 15) is 4.79 Å². The van der Waals surface area contributed by atoms with Gasteiger partial charge in [-0.25, -0.2) is 4.79 Å². The molecule has 0 atom stereocenters. The van der Waals surface area contributed by atoms with Gasteiger partial charge < -0.3 is 29.6 Å². The molecule has 0 aliphatic carbocycles. The maximum Gasteiger partial charge on any atom is 0.315 e. The highest BCUT2D eigenvalue weighted by molar-refractivity contribution is 5.74. The van der Waals surface area contributed by atoms with Crippen molar-refractivity contribution < 1.29 is 23.7 Å². The summed E-state index contributed by atoms with van der Waals surface area (Å²) in [4.78, 5) is 12.0. The lowest BCUT2D eigenvalue weighted by atomic mass is 10.1. The van der Waals surface area contributed by atoms with Gasteiger partial charge in [0.1, 0.15) is 18.1 Å². The van der Waals surface area contributed by atoms with Crippen molar-refractivity contribution in [3.63, 3.8) is 0 Å². The number of rotatable bonds is 9. The summed E-state index contributed by atoms with van der Waals surface area (Å²) < 4.78 is 21.5. The number of methoxy groups -OCH3 is 3. The highest BCUT2D eigenvalue weighted by atomic mass is 16.5. The molecule has 0 bridgehead atoms. The van der Waals surface area contributed by atoms with Gasteiger partial charge in [0, 0.05) is 18.2 Å². The lowest BCUT2D eigenvalue weighted by Gasteiger charge is -2.15. The highest BCUT2D eigenvalue weighted by Gasteiger charge is 2.12. The second-order valence-corrected chi connectivity index (χ2v) is 5.79. The van der Waals surface area contributed by atoms with Gasteiger partial charge in [-0.3, -0.25) is 0 Å². The quantitative estimate of drug-likeness (QED) is 0.660. The summed E-state index contributed by atoms with van der Waals surface area (Å²) in [5, 5.41) is 5.54. The number of carbonyl (C=O) groups is 1. The summed E-state index contributed by atoms with van der Waals surface area (Å²) in [7, 11) is 4.68. The SMILES string of the molecule is COc1cc(OC)c(OC)cc1CNC(=O)NCCOc1cccc(C)c1. The van der Waals surface area contributed by atoms with Crippen LogP contribution >= 0.6 is 0 Å². The van der Waals surface area contributed by atoms with Crippen LogP contribution in [0.2, 0.25) is 0 Å². The Morgan fingerprint density at radius 3 is 2.30 bits per heavy atom. The number of urea groups is 1. The zero-order valence-electron chi connectivity index (χ0n) is 16.1. The van der Waals surface area contributed by atoms with Crippen LogP contribution < -0.4 is 29.6 Å². The highest BCUT2D eigenvalue weighted by Crippen LogP contribution is 2.34. The average molecular weight is 374 g/mol. The largest absolute Gasteiger partial charge is 0.496 e. The Balaban J connectivity index is 1.81. The van der Waals surface area contributed by atoms with E-state index < -0.39 is 0 Å². The molecular weight excluding hydrogens is 348 g/mol. The summed E-state index contributed by atoms with van der Waals surface area (Å²) in [5.41, 5.74) is 1.91. The van der Waals surface area contributed by atoms with Gasteiger partial charge in [0.15, 0.2) is 11.5 Å². The van der Waals surface area contributed by atoms with Gasteiger partial charge in [-0.2, -0.15) is 0 Å². The zero-order valence-corrected chi connectivity index (χ0v) is 16.1. The monoisotopic (exact) mass is 374 g/mol. The van der Waals surface area contributed by atoms with Crippen molar-refractivity contribution >= 4 is 6.03 Å². The minimum absolute atomic E-state index is 0.286. The lowest BCUT2D eigenvalue weighted by Crippen LogP contribution is -2.37. The fraction of sp³-hybridized carbons (Fsp3) is 0.350. The molecule has 7 nitrogen and oxygen atoms in total. The third kappa shape index (κ3) is 5.99. The Kier molecular flexibility index (Phi) is 7.61. The topological polar surface area (TPSA) is 78.0 Å². The molecule has 0 fully saturated rings. The molecule has 0 aromatic heterocycles. The first-order valence-electron chi connectivity index (χ1n) is 8.57. The molecule has 2 aromatic rings. The molecule has 146 valence electrons. The average Bonchev–Trinajstić information content (AvgIpc) is 2.68. The van der Waals surface area contributed by atoms with Crippen LogP contribution in [0.1, 0.15) is 11.1 Å². The van der Waals surface area contributed by atoms with Crippen LogP contribution in [0, 0.1) is 6.92 Å². The molecule has 2 rings (SSSR count). The van der Waals surface area contributed by atoms with Crippen LogP contribution in [0.25, 0.3) is 0 Å². The Labute approximate surface area is 159 Å². The summed E-state index contributed by atoms with van der Waals surface area (Å²) in [6.45, 7) is 3.06. The number of carbonyl (C=O) groups excluding carboxylic acids is 1. The molecule has 0 saturated heterocycles. The molecule has 0 unspecified atom stereocenters. The minimum atomic E-state index is -0.292. The molecule has 0 saturated carbocycles. The Hall–Kier alpha value is -3.09. The van der Waals surface area contributed by atoms with Crippen LogP contribution in [0.3, 0.4) is 0 Å². The van der Waals surface area contributed by atoms with Gasteiger partial charge >= 0.3 is 6.03 Å². The van der Waals surface area contributed by atoms with Crippen LogP contribution in [0.4, 0.5) is 4.79 Å². The summed E-state index contributed by atoms with van der Waals surface area (Å²) in [6, 6.07) is 11.0. The second kappa shape index (κ2) is 10.2. The van der Waals surface area contributed by atoms with Gasteiger partial charge in [0.25, 0.3) is 0 Å². The number of ether oxygens (including phenoxy) is 4. The van der Waals surface area contributed by atoms with E-state index in [0.717, 1.165) is 16.9 Å². The Bertz CT molecular complexity index is 764. The second-order valence-electron chi connectivity index (χ2n) is 5.79. The van der Waals surface area contributed by atoms with Crippen molar-refractivity contribution in [2.75, 3.05) is 34.5 Å². The number of benzene rings is 2. The number of aryl methyl sites for hydroxylation is 1.